The molecule has 3 rings (SSSR count). The summed E-state index contributed by atoms with van der Waals surface area (Å²) in [5, 5.41) is 9.95. The van der Waals surface area contributed by atoms with Crippen LogP contribution in [0.15, 0.2) is 48.5 Å². The topological polar surface area (TPSA) is 73.3 Å². The summed E-state index contributed by atoms with van der Waals surface area (Å²) in [5.41, 5.74) is 3.42. The summed E-state index contributed by atoms with van der Waals surface area (Å²) in [6.07, 6.45) is 0.160. The Labute approximate surface area is 209 Å². The van der Waals surface area contributed by atoms with Crippen molar-refractivity contribution in [1.29, 1.82) is 0 Å². The predicted octanol–water partition coefficient (Wildman–Crippen LogP) is 3.12. The van der Waals surface area contributed by atoms with Crippen LogP contribution in [0.5, 0.6) is 0 Å². The predicted molar refractivity (Wildman–Crippen MR) is 138 cm³/mol. The van der Waals surface area contributed by atoms with Crippen LogP contribution in [0.1, 0.15) is 36.2 Å². The second kappa shape index (κ2) is 12.3. The van der Waals surface area contributed by atoms with Crippen LogP contribution in [0, 0.1) is 5.92 Å². The molecule has 0 aliphatic carbocycles. The molecule has 190 valence electrons. The Balaban J connectivity index is 1.98. The van der Waals surface area contributed by atoms with Crippen molar-refractivity contribution in [3.05, 3.63) is 59.7 Å². The van der Waals surface area contributed by atoms with Gasteiger partial charge in [0.05, 0.1) is 25.4 Å². The lowest BCUT2D eigenvalue weighted by Gasteiger charge is -2.35. The molecule has 0 saturated heterocycles. The second-order valence-electron chi connectivity index (χ2n) is 9.85. The molecule has 2 aromatic rings. The van der Waals surface area contributed by atoms with Crippen molar-refractivity contribution in [3.63, 3.8) is 0 Å². The van der Waals surface area contributed by atoms with Gasteiger partial charge >= 0.3 is 0 Å². The summed E-state index contributed by atoms with van der Waals surface area (Å²) < 4.78 is 6.47. The third kappa shape index (κ3) is 6.69. The lowest BCUT2D eigenvalue weighted by Crippen LogP contribution is -2.47. The van der Waals surface area contributed by atoms with Crippen molar-refractivity contribution in [2.45, 2.75) is 39.0 Å². The average Bonchev–Trinajstić information content (AvgIpc) is 2.88. The summed E-state index contributed by atoms with van der Waals surface area (Å²) in [5.74, 6) is -0.109. The first-order chi connectivity index (χ1) is 16.7. The molecule has 1 N–H and O–H groups in total. The number of benzene rings is 2. The minimum atomic E-state index is -0.353. The normalized spacial score (nSPS) is 19.5. The lowest BCUT2D eigenvalue weighted by atomic mass is 9.94. The van der Waals surface area contributed by atoms with Gasteiger partial charge in [-0.3, -0.25) is 9.59 Å². The largest absolute Gasteiger partial charge is 0.394 e. The fraction of sp³-hybridized carbons (Fsp3) is 0.500. The summed E-state index contributed by atoms with van der Waals surface area (Å²) >= 11 is 0. The van der Waals surface area contributed by atoms with E-state index in [1.54, 1.807) is 9.80 Å². The summed E-state index contributed by atoms with van der Waals surface area (Å²) in [7, 11) is 5.71. The zero-order valence-corrected chi connectivity index (χ0v) is 21.6. The van der Waals surface area contributed by atoms with Crippen molar-refractivity contribution in [2.75, 3.05) is 47.4 Å². The van der Waals surface area contributed by atoms with Gasteiger partial charge in [-0.15, -0.1) is 0 Å². The average molecular weight is 482 g/mol. The Morgan fingerprint density at radius 1 is 1.09 bits per heavy atom. The third-order valence-electron chi connectivity index (χ3n) is 6.75. The molecule has 0 saturated carbocycles. The monoisotopic (exact) mass is 481 g/mol. The number of rotatable bonds is 7. The first-order valence-electron chi connectivity index (χ1n) is 12.3. The van der Waals surface area contributed by atoms with Gasteiger partial charge in [0.15, 0.2) is 0 Å². The number of aliphatic hydroxyl groups is 1. The zero-order valence-electron chi connectivity index (χ0n) is 21.6. The SMILES string of the molecule is C[C@H]1CN([C@@H](C)CO)C(=O)c2ccccc2-c2ccccc2CO[C@H]1CN(C)C(=O)CCN(C)C. The van der Waals surface area contributed by atoms with Gasteiger partial charge in [-0.2, -0.15) is 0 Å². The Morgan fingerprint density at radius 3 is 2.37 bits per heavy atom. The molecule has 0 unspecified atom stereocenters. The van der Waals surface area contributed by atoms with Gasteiger partial charge in [0, 0.05) is 44.6 Å². The molecule has 3 atom stereocenters. The fourth-order valence-corrected chi connectivity index (χ4v) is 4.43. The fourth-order valence-electron chi connectivity index (χ4n) is 4.43. The molecule has 7 heteroatoms. The lowest BCUT2D eigenvalue weighted by molar-refractivity contribution is -0.133. The Kier molecular flexibility index (Phi) is 9.43. The van der Waals surface area contributed by atoms with Crippen LogP contribution < -0.4 is 0 Å². The number of amides is 2. The minimum absolute atomic E-state index is 0.0607. The van der Waals surface area contributed by atoms with E-state index >= 15 is 0 Å². The van der Waals surface area contributed by atoms with Crippen molar-refractivity contribution in [1.82, 2.24) is 14.7 Å². The number of hydrogen-bond donors (Lipinski definition) is 1. The molecule has 1 heterocycles. The number of aliphatic hydroxyl groups excluding tert-OH is 1. The van der Waals surface area contributed by atoms with E-state index in [-0.39, 0.29) is 36.5 Å². The quantitative estimate of drug-likeness (QED) is 0.658. The van der Waals surface area contributed by atoms with E-state index in [9.17, 15) is 14.7 Å². The van der Waals surface area contributed by atoms with Crippen LogP contribution in [0.4, 0.5) is 0 Å². The van der Waals surface area contributed by atoms with Crippen molar-refractivity contribution in [2.24, 2.45) is 5.92 Å². The number of carbonyl (C=O) groups excluding carboxylic acids is 2. The first kappa shape index (κ1) is 26.9. The number of ether oxygens (including phenoxy) is 1. The van der Waals surface area contributed by atoms with E-state index in [0.717, 1.165) is 16.7 Å². The van der Waals surface area contributed by atoms with Gasteiger partial charge in [-0.1, -0.05) is 49.4 Å². The molecule has 0 spiro atoms. The summed E-state index contributed by atoms with van der Waals surface area (Å²) in [6.45, 7) is 5.67. The van der Waals surface area contributed by atoms with E-state index < -0.39 is 0 Å². The Bertz CT molecular complexity index is 1010. The first-order valence-corrected chi connectivity index (χ1v) is 12.3. The van der Waals surface area contributed by atoms with Crippen LogP contribution in [0.25, 0.3) is 11.1 Å². The Morgan fingerprint density at radius 2 is 1.71 bits per heavy atom. The summed E-state index contributed by atoms with van der Waals surface area (Å²) in [6, 6.07) is 15.2. The number of likely N-dealkylation sites (N-methyl/N-ethyl adjacent to an activating group) is 1. The molecule has 0 aromatic heterocycles. The second-order valence-corrected chi connectivity index (χ2v) is 9.85. The molecule has 1 aliphatic heterocycles. The molecule has 0 bridgehead atoms. The van der Waals surface area contributed by atoms with E-state index in [1.807, 2.05) is 88.4 Å². The van der Waals surface area contributed by atoms with Gasteiger partial charge < -0.3 is 24.5 Å². The highest BCUT2D eigenvalue weighted by atomic mass is 16.5. The molecule has 0 radical (unpaired) electrons. The van der Waals surface area contributed by atoms with Crippen LogP contribution >= 0.6 is 0 Å². The molecule has 7 nitrogen and oxygen atoms in total. The third-order valence-corrected chi connectivity index (χ3v) is 6.75. The van der Waals surface area contributed by atoms with E-state index in [0.29, 0.717) is 38.2 Å². The van der Waals surface area contributed by atoms with Crippen LogP contribution in [-0.4, -0.2) is 91.2 Å². The van der Waals surface area contributed by atoms with Crippen LogP contribution in [0.3, 0.4) is 0 Å². The molecule has 0 fully saturated rings. The van der Waals surface area contributed by atoms with E-state index in [4.69, 9.17) is 4.74 Å². The number of carbonyl (C=O) groups is 2. The maximum Gasteiger partial charge on any atom is 0.254 e. The highest BCUT2D eigenvalue weighted by Crippen LogP contribution is 2.31. The van der Waals surface area contributed by atoms with Crippen molar-refractivity contribution >= 4 is 11.8 Å². The minimum Gasteiger partial charge on any atom is -0.394 e. The molecular formula is C28H39N3O4. The van der Waals surface area contributed by atoms with E-state index in [2.05, 4.69) is 0 Å². The van der Waals surface area contributed by atoms with Crippen LogP contribution in [0.2, 0.25) is 0 Å². The number of nitrogens with zero attached hydrogens (tertiary/aromatic N) is 3. The summed E-state index contributed by atoms with van der Waals surface area (Å²) in [4.78, 5) is 32.0. The molecule has 2 aromatic carbocycles. The maximum atomic E-state index is 13.8. The van der Waals surface area contributed by atoms with Gasteiger partial charge in [-0.25, -0.2) is 0 Å². The smallest absolute Gasteiger partial charge is 0.254 e. The molecule has 1 aliphatic rings. The number of hydrogen-bond acceptors (Lipinski definition) is 5. The highest BCUT2D eigenvalue weighted by molar-refractivity contribution is 6.01. The highest BCUT2D eigenvalue weighted by Gasteiger charge is 2.31. The van der Waals surface area contributed by atoms with Gasteiger partial charge in [0.1, 0.15) is 0 Å². The van der Waals surface area contributed by atoms with Gasteiger partial charge in [0.2, 0.25) is 5.91 Å². The molecule has 2 amide bonds. The molecule has 35 heavy (non-hydrogen) atoms. The van der Waals surface area contributed by atoms with Crippen molar-refractivity contribution in [3.8, 4) is 11.1 Å². The Hall–Kier alpha value is -2.74. The van der Waals surface area contributed by atoms with Crippen LogP contribution in [-0.2, 0) is 16.1 Å². The number of fused-ring (bicyclic) bond motifs is 3. The van der Waals surface area contributed by atoms with Gasteiger partial charge in [-0.05, 0) is 43.8 Å². The van der Waals surface area contributed by atoms with Crippen molar-refractivity contribution < 1.29 is 19.4 Å². The molecular weight excluding hydrogens is 442 g/mol. The maximum absolute atomic E-state index is 13.8. The standard InChI is InChI=1S/C28H39N3O4/c1-20-16-31(21(2)18-32)28(34)25-13-9-8-12-24(25)23-11-7-6-10-22(23)19-35-26(20)17-30(5)27(33)14-15-29(3)4/h6-13,20-21,26,32H,14-19H2,1-5H3/t20-,21-,26-/m0/s1. The van der Waals surface area contributed by atoms with Gasteiger partial charge in [0.25, 0.3) is 5.91 Å². The zero-order chi connectivity index (χ0) is 25.5. The van der Waals surface area contributed by atoms with E-state index in [1.165, 1.54) is 0 Å².